The highest BCUT2D eigenvalue weighted by molar-refractivity contribution is 5.76. The Morgan fingerprint density at radius 1 is 1.46 bits per heavy atom. The molecule has 0 rings (SSSR count). The second kappa shape index (κ2) is 5.97. The van der Waals surface area contributed by atoms with Gasteiger partial charge in [0.1, 0.15) is 0 Å². The van der Waals surface area contributed by atoms with E-state index in [1.165, 1.54) is 0 Å². The summed E-state index contributed by atoms with van der Waals surface area (Å²) in [5.74, 6) is 0.139. The lowest BCUT2D eigenvalue weighted by molar-refractivity contribution is -0.122. The molecule has 3 N–H and O–H groups in total. The van der Waals surface area contributed by atoms with Gasteiger partial charge in [0.25, 0.3) is 0 Å². The van der Waals surface area contributed by atoms with Gasteiger partial charge < -0.3 is 11.1 Å². The molecule has 0 spiro atoms. The van der Waals surface area contributed by atoms with Crippen LogP contribution in [0.1, 0.15) is 46.5 Å². The minimum absolute atomic E-state index is 0.139. The summed E-state index contributed by atoms with van der Waals surface area (Å²) in [4.78, 5) is 11.3. The Balaban J connectivity index is 3.75. The van der Waals surface area contributed by atoms with Crippen molar-refractivity contribution in [1.29, 1.82) is 0 Å². The van der Waals surface area contributed by atoms with Gasteiger partial charge in [-0.3, -0.25) is 4.79 Å². The van der Waals surface area contributed by atoms with E-state index in [1.54, 1.807) is 0 Å². The van der Waals surface area contributed by atoms with E-state index in [1.807, 2.05) is 13.8 Å². The highest BCUT2D eigenvalue weighted by Gasteiger charge is 2.18. The quantitative estimate of drug-likeness (QED) is 0.659. The Kier molecular flexibility index (Phi) is 5.71. The molecule has 0 aromatic heterocycles. The van der Waals surface area contributed by atoms with Crippen LogP contribution < -0.4 is 11.1 Å². The van der Waals surface area contributed by atoms with E-state index in [4.69, 9.17) is 5.73 Å². The second-order valence-electron chi connectivity index (χ2n) is 4.07. The zero-order chi connectivity index (χ0) is 10.3. The fraction of sp³-hybridized carbons (Fsp3) is 0.900. The minimum atomic E-state index is -0.153. The summed E-state index contributed by atoms with van der Waals surface area (Å²) < 4.78 is 0. The molecule has 0 aliphatic carbocycles. The molecule has 13 heavy (non-hydrogen) atoms. The lowest BCUT2D eigenvalue weighted by Crippen LogP contribution is -2.44. The molecule has 1 amide bonds. The number of unbranched alkanes of at least 4 members (excludes halogenated alkanes) is 1. The molecule has 0 aliphatic heterocycles. The van der Waals surface area contributed by atoms with Crippen LogP contribution in [-0.4, -0.2) is 18.0 Å². The zero-order valence-corrected chi connectivity index (χ0v) is 9.02. The third kappa shape index (κ3) is 6.58. The van der Waals surface area contributed by atoms with Crippen molar-refractivity contribution in [3.63, 3.8) is 0 Å². The van der Waals surface area contributed by atoms with Gasteiger partial charge in [-0.25, -0.2) is 0 Å². The van der Waals surface area contributed by atoms with Crippen LogP contribution in [0.25, 0.3) is 0 Å². The van der Waals surface area contributed by atoms with E-state index in [0.29, 0.717) is 13.0 Å². The minimum Gasteiger partial charge on any atom is -0.351 e. The molecular weight excluding hydrogens is 164 g/mol. The van der Waals surface area contributed by atoms with E-state index in [2.05, 4.69) is 12.2 Å². The van der Waals surface area contributed by atoms with Crippen LogP contribution in [0, 0.1) is 0 Å². The molecule has 0 heterocycles. The Bertz CT molecular complexity index is 155. The Morgan fingerprint density at radius 3 is 2.54 bits per heavy atom. The van der Waals surface area contributed by atoms with Gasteiger partial charge in [-0.05, 0) is 33.2 Å². The molecule has 0 fully saturated rings. The van der Waals surface area contributed by atoms with Gasteiger partial charge >= 0.3 is 0 Å². The molecule has 0 radical (unpaired) electrons. The van der Waals surface area contributed by atoms with E-state index in [0.717, 1.165) is 19.3 Å². The molecule has 0 unspecified atom stereocenters. The molecule has 0 atom stereocenters. The van der Waals surface area contributed by atoms with Crippen molar-refractivity contribution in [2.75, 3.05) is 6.54 Å². The predicted molar refractivity (Wildman–Crippen MR) is 55.4 cm³/mol. The summed E-state index contributed by atoms with van der Waals surface area (Å²) in [6, 6.07) is 0. The van der Waals surface area contributed by atoms with Crippen LogP contribution >= 0.6 is 0 Å². The molecule has 0 saturated heterocycles. The predicted octanol–water partition coefficient (Wildman–Crippen LogP) is 1.42. The van der Waals surface area contributed by atoms with Gasteiger partial charge in [-0.15, -0.1) is 0 Å². The first kappa shape index (κ1) is 12.4. The van der Waals surface area contributed by atoms with Crippen LogP contribution in [0.2, 0.25) is 0 Å². The van der Waals surface area contributed by atoms with E-state index in [-0.39, 0.29) is 11.4 Å². The lowest BCUT2D eigenvalue weighted by Gasteiger charge is -2.25. The first-order valence-corrected chi connectivity index (χ1v) is 5.03. The van der Waals surface area contributed by atoms with Crippen molar-refractivity contribution in [3.05, 3.63) is 0 Å². The van der Waals surface area contributed by atoms with Gasteiger partial charge in [0.2, 0.25) is 5.91 Å². The molecule has 0 bridgehead atoms. The van der Waals surface area contributed by atoms with Gasteiger partial charge in [0, 0.05) is 12.0 Å². The third-order valence-corrected chi connectivity index (χ3v) is 2.00. The first-order chi connectivity index (χ1) is 6.02. The zero-order valence-electron chi connectivity index (χ0n) is 9.02. The van der Waals surface area contributed by atoms with Crippen molar-refractivity contribution >= 4 is 5.91 Å². The molecule has 3 nitrogen and oxygen atoms in total. The summed E-state index contributed by atoms with van der Waals surface area (Å²) in [7, 11) is 0. The van der Waals surface area contributed by atoms with Crippen LogP contribution in [0.15, 0.2) is 0 Å². The summed E-state index contributed by atoms with van der Waals surface area (Å²) in [6.45, 7) is 6.70. The number of hydrogen-bond donors (Lipinski definition) is 2. The van der Waals surface area contributed by atoms with Crippen molar-refractivity contribution in [3.8, 4) is 0 Å². The molecular formula is C10H22N2O. The van der Waals surface area contributed by atoms with Crippen molar-refractivity contribution in [2.45, 2.75) is 52.0 Å². The van der Waals surface area contributed by atoms with Gasteiger partial charge in [-0.1, -0.05) is 13.3 Å². The number of nitrogens with one attached hydrogen (secondary N) is 1. The van der Waals surface area contributed by atoms with Crippen LogP contribution in [-0.2, 0) is 4.79 Å². The van der Waals surface area contributed by atoms with Crippen molar-refractivity contribution in [2.24, 2.45) is 5.73 Å². The molecule has 0 aromatic carbocycles. The third-order valence-electron chi connectivity index (χ3n) is 2.00. The number of carbonyl (C=O) groups excluding carboxylic acids is 1. The highest BCUT2D eigenvalue weighted by Crippen LogP contribution is 2.07. The monoisotopic (exact) mass is 186 g/mol. The topological polar surface area (TPSA) is 55.1 Å². The maximum absolute atomic E-state index is 11.3. The van der Waals surface area contributed by atoms with Crippen molar-refractivity contribution < 1.29 is 4.79 Å². The molecule has 0 aliphatic rings. The van der Waals surface area contributed by atoms with Gasteiger partial charge in [0.05, 0.1) is 0 Å². The lowest BCUT2D eigenvalue weighted by atomic mass is 10.0. The van der Waals surface area contributed by atoms with Crippen molar-refractivity contribution in [1.82, 2.24) is 5.32 Å². The summed E-state index contributed by atoms with van der Waals surface area (Å²) in [5.41, 5.74) is 5.29. The first-order valence-electron chi connectivity index (χ1n) is 5.03. The number of carbonyl (C=O) groups is 1. The van der Waals surface area contributed by atoms with E-state index >= 15 is 0 Å². The molecule has 0 saturated carbocycles. The standard InChI is InChI=1S/C10H22N2O/c1-4-5-6-9(13)12-10(2,3)7-8-11/h4-8,11H2,1-3H3,(H,12,13). The maximum Gasteiger partial charge on any atom is 0.220 e. The molecule has 3 heteroatoms. The van der Waals surface area contributed by atoms with Gasteiger partial charge in [0.15, 0.2) is 0 Å². The SMILES string of the molecule is CCCCC(=O)NC(C)(C)CCN. The average molecular weight is 186 g/mol. The fourth-order valence-corrected chi connectivity index (χ4v) is 1.20. The van der Waals surface area contributed by atoms with Crippen LogP contribution in [0.3, 0.4) is 0 Å². The number of hydrogen-bond acceptors (Lipinski definition) is 2. The van der Waals surface area contributed by atoms with E-state index in [9.17, 15) is 4.79 Å². The number of nitrogens with two attached hydrogens (primary N) is 1. The van der Waals surface area contributed by atoms with Crippen LogP contribution in [0.5, 0.6) is 0 Å². The fourth-order valence-electron chi connectivity index (χ4n) is 1.20. The Morgan fingerprint density at radius 2 is 2.08 bits per heavy atom. The smallest absolute Gasteiger partial charge is 0.220 e. The largest absolute Gasteiger partial charge is 0.351 e. The van der Waals surface area contributed by atoms with Crippen LogP contribution in [0.4, 0.5) is 0 Å². The normalized spacial score (nSPS) is 11.4. The molecule has 78 valence electrons. The highest BCUT2D eigenvalue weighted by atomic mass is 16.1. The van der Waals surface area contributed by atoms with Gasteiger partial charge in [-0.2, -0.15) is 0 Å². The second-order valence-corrected chi connectivity index (χ2v) is 4.07. The number of rotatable bonds is 6. The summed E-state index contributed by atoms with van der Waals surface area (Å²) in [5, 5.41) is 2.97. The Hall–Kier alpha value is -0.570. The summed E-state index contributed by atoms with van der Waals surface area (Å²) >= 11 is 0. The number of amides is 1. The summed E-state index contributed by atoms with van der Waals surface area (Å²) in [6.07, 6.45) is 3.48. The Labute approximate surface area is 81.1 Å². The maximum atomic E-state index is 11.3. The average Bonchev–Trinajstić information content (AvgIpc) is 1.99. The molecule has 0 aromatic rings. The van der Waals surface area contributed by atoms with E-state index < -0.39 is 0 Å².